The number of guanidine groups is 1. The Morgan fingerprint density at radius 1 is 0.756 bits per heavy atom. The Morgan fingerprint density at radius 2 is 1.29 bits per heavy atom. The summed E-state index contributed by atoms with van der Waals surface area (Å²) in [5.41, 5.74) is 22.1. The van der Waals surface area contributed by atoms with Gasteiger partial charge >= 0.3 is 0 Å². The third-order valence-corrected chi connectivity index (χ3v) is 7.31. The van der Waals surface area contributed by atoms with Gasteiger partial charge in [-0.25, -0.2) is 0 Å². The predicted molar refractivity (Wildman–Crippen MR) is 154 cm³/mol. The summed E-state index contributed by atoms with van der Waals surface area (Å²) in [6.45, 7) is 2.95. The van der Waals surface area contributed by atoms with Gasteiger partial charge in [-0.3, -0.25) is 29.0 Å². The second-order valence-corrected chi connectivity index (χ2v) is 10.6. The van der Waals surface area contributed by atoms with Crippen molar-refractivity contribution in [3.63, 3.8) is 0 Å². The summed E-state index contributed by atoms with van der Waals surface area (Å²) in [6, 6.07) is -4.62. The molecular formula is C26H48N10O5. The van der Waals surface area contributed by atoms with E-state index in [1.54, 1.807) is 0 Å². The number of hydrogen-bond acceptors (Lipinski definition) is 8. The maximum Gasteiger partial charge on any atom is 0.245 e. The van der Waals surface area contributed by atoms with Crippen LogP contribution in [0.2, 0.25) is 0 Å². The number of nitrogens with zero attached hydrogens (tertiary/aromatic N) is 2. The zero-order valence-electron chi connectivity index (χ0n) is 24.0. The molecule has 5 atom stereocenters. The lowest BCUT2D eigenvalue weighted by atomic mass is 10.0. The van der Waals surface area contributed by atoms with Gasteiger partial charge in [0, 0.05) is 13.1 Å². The lowest BCUT2D eigenvalue weighted by molar-refractivity contribution is -0.142. The van der Waals surface area contributed by atoms with Gasteiger partial charge in [0.15, 0.2) is 5.96 Å². The molecule has 0 bridgehead atoms. The fourth-order valence-corrected chi connectivity index (χ4v) is 5.00. The lowest BCUT2D eigenvalue weighted by Gasteiger charge is -2.30. The first kappa shape index (κ1) is 33.7. The minimum atomic E-state index is -0.971. The molecule has 0 aromatic carbocycles. The lowest BCUT2D eigenvalue weighted by Crippen LogP contribution is -2.57. The van der Waals surface area contributed by atoms with Crippen molar-refractivity contribution in [2.75, 3.05) is 26.2 Å². The zero-order chi connectivity index (χ0) is 30.4. The molecule has 0 unspecified atom stereocenters. The highest BCUT2D eigenvalue weighted by Gasteiger charge is 2.39. The molecule has 15 nitrogen and oxygen atoms in total. The molecule has 2 aliphatic rings. The molecule has 0 radical (unpaired) electrons. The van der Waals surface area contributed by atoms with Crippen LogP contribution in [0.1, 0.15) is 71.1 Å². The molecule has 0 saturated carbocycles. The minimum Gasteiger partial charge on any atom is -0.370 e. The van der Waals surface area contributed by atoms with Crippen LogP contribution < -0.4 is 44.2 Å². The van der Waals surface area contributed by atoms with Crippen LogP contribution in [0.5, 0.6) is 0 Å². The van der Waals surface area contributed by atoms with Crippen molar-refractivity contribution in [2.24, 2.45) is 27.9 Å². The van der Waals surface area contributed by atoms with E-state index in [0.29, 0.717) is 71.0 Å². The smallest absolute Gasteiger partial charge is 0.245 e. The highest BCUT2D eigenvalue weighted by atomic mass is 16.2. The molecule has 41 heavy (non-hydrogen) atoms. The Morgan fingerprint density at radius 3 is 1.85 bits per heavy atom. The van der Waals surface area contributed by atoms with Crippen LogP contribution in [0, 0.1) is 0 Å². The average Bonchev–Trinajstić information content (AvgIpc) is 3.42. The van der Waals surface area contributed by atoms with Crippen molar-refractivity contribution >= 4 is 35.5 Å². The van der Waals surface area contributed by atoms with Crippen LogP contribution in [-0.4, -0.2) is 96.8 Å². The minimum absolute atomic E-state index is 0.0836. The summed E-state index contributed by atoms with van der Waals surface area (Å²) in [4.78, 5) is 72.2. The van der Waals surface area contributed by atoms with Gasteiger partial charge in [0.2, 0.25) is 29.5 Å². The fraction of sp³-hybridized carbons (Fsp3) is 0.769. The Balaban J connectivity index is 2.42. The summed E-state index contributed by atoms with van der Waals surface area (Å²) in [5, 5.41) is 11.0. The summed E-state index contributed by atoms with van der Waals surface area (Å²) >= 11 is 0. The van der Waals surface area contributed by atoms with Crippen molar-refractivity contribution < 1.29 is 24.0 Å². The van der Waals surface area contributed by atoms with E-state index in [9.17, 15) is 24.0 Å². The van der Waals surface area contributed by atoms with Crippen LogP contribution in [0.4, 0.5) is 0 Å². The van der Waals surface area contributed by atoms with Gasteiger partial charge in [-0.1, -0.05) is 0 Å². The van der Waals surface area contributed by atoms with Gasteiger partial charge in [0.1, 0.15) is 30.2 Å². The molecule has 2 rings (SSSR count). The number of fused-ring (bicyclic) bond motifs is 1. The van der Waals surface area contributed by atoms with Crippen molar-refractivity contribution in [3.05, 3.63) is 0 Å². The SMILES string of the molecule is C[C@@H]1NC(=O)[C@@H]2CCCN2C(=O)[C@H](CCCN=C(N)N)NC(=O)[C@H](CCCCN)NC(=O)[C@H](CCCCN)NC1=O. The molecule has 232 valence electrons. The zero-order valence-corrected chi connectivity index (χ0v) is 24.0. The second kappa shape index (κ2) is 17.4. The maximum absolute atomic E-state index is 13.7. The molecule has 15 heteroatoms. The molecule has 0 aromatic heterocycles. The number of hydrogen-bond donors (Lipinski definition) is 8. The number of carbonyl (C=O) groups excluding carboxylic acids is 5. The first-order valence-electron chi connectivity index (χ1n) is 14.6. The second-order valence-electron chi connectivity index (χ2n) is 10.6. The van der Waals surface area contributed by atoms with Crippen LogP contribution >= 0.6 is 0 Å². The standard InChI is InChI=1S/C26H48N10O5/c1-16-21(37)33-17(8-2-4-12-27)22(38)34-18(9-3-5-13-28)23(39)35-19(10-6-14-31-26(29)30)25(41)36-15-7-11-20(36)24(40)32-16/h16-20H,2-15,27-28H2,1H3,(H,32,40)(H,33,37)(H,34,38)(H,35,39)(H4,29,30,31)/t16-,17-,18-,19-,20-/m0/s1. The summed E-state index contributed by atoms with van der Waals surface area (Å²) in [5.74, 6) is -2.58. The van der Waals surface area contributed by atoms with Crippen LogP contribution in [0.3, 0.4) is 0 Å². The van der Waals surface area contributed by atoms with E-state index in [0.717, 1.165) is 0 Å². The number of unbranched alkanes of at least 4 members (excludes halogenated alkanes) is 2. The molecule has 0 aliphatic carbocycles. The summed E-state index contributed by atoms with van der Waals surface area (Å²) < 4.78 is 0. The number of aliphatic imine (C=N–C) groups is 1. The molecule has 2 aliphatic heterocycles. The summed E-state index contributed by atoms with van der Waals surface area (Å²) in [7, 11) is 0. The highest BCUT2D eigenvalue weighted by Crippen LogP contribution is 2.20. The number of amides is 5. The monoisotopic (exact) mass is 580 g/mol. The van der Waals surface area contributed by atoms with Crippen molar-refractivity contribution in [2.45, 2.75) is 101 Å². The third-order valence-electron chi connectivity index (χ3n) is 7.31. The molecule has 2 fully saturated rings. The van der Waals surface area contributed by atoms with Gasteiger partial charge in [0.25, 0.3) is 0 Å². The number of nitrogens with one attached hydrogen (secondary N) is 4. The molecule has 2 saturated heterocycles. The summed E-state index contributed by atoms with van der Waals surface area (Å²) in [6.07, 6.45) is 4.63. The van der Waals surface area contributed by atoms with Gasteiger partial charge in [-0.2, -0.15) is 0 Å². The largest absolute Gasteiger partial charge is 0.370 e. The van der Waals surface area contributed by atoms with E-state index in [-0.39, 0.29) is 25.3 Å². The van der Waals surface area contributed by atoms with E-state index in [4.69, 9.17) is 22.9 Å². The number of rotatable bonds is 12. The average molecular weight is 581 g/mol. The Hall–Kier alpha value is -3.46. The first-order valence-corrected chi connectivity index (χ1v) is 14.6. The molecule has 0 aromatic rings. The molecule has 5 amide bonds. The third kappa shape index (κ3) is 10.8. The van der Waals surface area contributed by atoms with E-state index in [1.165, 1.54) is 11.8 Å². The predicted octanol–water partition coefficient (Wildman–Crippen LogP) is -2.74. The van der Waals surface area contributed by atoms with Gasteiger partial charge in [-0.15, -0.1) is 0 Å². The van der Waals surface area contributed by atoms with Gasteiger partial charge < -0.3 is 49.1 Å². The Bertz CT molecular complexity index is 942. The van der Waals surface area contributed by atoms with Crippen LogP contribution in [-0.2, 0) is 24.0 Å². The van der Waals surface area contributed by atoms with Crippen molar-refractivity contribution in [3.8, 4) is 0 Å². The number of carbonyl (C=O) groups is 5. The highest BCUT2D eigenvalue weighted by molar-refractivity contribution is 5.98. The van der Waals surface area contributed by atoms with E-state index >= 15 is 0 Å². The van der Waals surface area contributed by atoms with E-state index in [2.05, 4.69) is 26.3 Å². The number of nitrogens with two attached hydrogens (primary N) is 4. The molecule has 0 spiro atoms. The van der Waals surface area contributed by atoms with Crippen molar-refractivity contribution in [1.82, 2.24) is 26.2 Å². The van der Waals surface area contributed by atoms with Crippen LogP contribution in [0.25, 0.3) is 0 Å². The van der Waals surface area contributed by atoms with Crippen molar-refractivity contribution in [1.29, 1.82) is 0 Å². The quantitative estimate of drug-likeness (QED) is 0.0676. The van der Waals surface area contributed by atoms with Crippen LogP contribution in [0.15, 0.2) is 4.99 Å². The van der Waals surface area contributed by atoms with Gasteiger partial charge in [0.05, 0.1) is 0 Å². The maximum atomic E-state index is 13.7. The topological polar surface area (TPSA) is 253 Å². The van der Waals surface area contributed by atoms with Gasteiger partial charge in [-0.05, 0) is 84.2 Å². The fourth-order valence-electron chi connectivity index (χ4n) is 5.00. The van der Waals surface area contributed by atoms with E-state index in [1.807, 2.05) is 0 Å². The molecule has 2 heterocycles. The van der Waals surface area contributed by atoms with E-state index < -0.39 is 59.7 Å². The first-order chi connectivity index (χ1) is 19.6. The molecular weight excluding hydrogens is 532 g/mol. The Kier molecular flexibility index (Phi) is 14.3. The Labute approximate surface area is 241 Å². The normalized spacial score (nSPS) is 26.2. The molecule has 12 N–H and O–H groups in total.